The largest absolute Gasteiger partial charge is 0.232 e. The molecule has 2 heteroatoms. The molecule has 0 aliphatic heterocycles. The predicted octanol–water partition coefficient (Wildman–Crippen LogP) is 15.5. The number of nitrogens with zero attached hydrogens (tertiary/aromatic N) is 2. The molecule has 0 bridgehead atoms. The van der Waals surface area contributed by atoms with Crippen LogP contribution in [0.5, 0.6) is 0 Å². The number of hydrogen-bond acceptors (Lipinski definition) is 2. The quantitative estimate of drug-likeness (QED) is 0.157. The molecule has 62 heavy (non-hydrogen) atoms. The van der Waals surface area contributed by atoms with Gasteiger partial charge in [-0.1, -0.05) is 212 Å². The Kier molecular flexibility index (Phi) is 7.77. The van der Waals surface area contributed by atoms with Gasteiger partial charge < -0.3 is 0 Å². The van der Waals surface area contributed by atoms with Crippen LogP contribution in [0, 0.1) is 5.92 Å². The Bertz CT molecular complexity index is 3560. The summed E-state index contributed by atoms with van der Waals surface area (Å²) in [6, 6.07) is 66.3. The van der Waals surface area contributed by atoms with Crippen molar-refractivity contribution in [1.29, 1.82) is 0 Å². The molecule has 2 unspecified atom stereocenters. The Hall–Kier alpha value is -7.94. The van der Waals surface area contributed by atoms with Crippen LogP contribution >= 0.6 is 0 Å². The highest BCUT2D eigenvalue weighted by molar-refractivity contribution is 6.30. The Morgan fingerprint density at radius 1 is 0.403 bits per heavy atom. The molecular formula is C60H38N2. The van der Waals surface area contributed by atoms with Gasteiger partial charge in [0, 0.05) is 28.5 Å². The van der Waals surface area contributed by atoms with Crippen LogP contribution in [0.1, 0.15) is 17.2 Å². The van der Waals surface area contributed by atoms with E-state index in [1.165, 1.54) is 88.0 Å². The summed E-state index contributed by atoms with van der Waals surface area (Å²) in [5.41, 5.74) is 17.7. The van der Waals surface area contributed by atoms with Gasteiger partial charge in [-0.3, -0.25) is 0 Å². The third kappa shape index (κ3) is 5.23. The highest BCUT2D eigenvalue weighted by Crippen LogP contribution is 2.56. The van der Waals surface area contributed by atoms with Crippen LogP contribution in [0.25, 0.3) is 105 Å². The van der Waals surface area contributed by atoms with Crippen molar-refractivity contribution in [1.82, 2.24) is 9.97 Å². The minimum absolute atomic E-state index is 0.135. The van der Waals surface area contributed by atoms with Crippen LogP contribution in [0.15, 0.2) is 224 Å². The topological polar surface area (TPSA) is 25.8 Å². The summed E-state index contributed by atoms with van der Waals surface area (Å²) in [6.07, 6.45) is 13.6. The normalized spacial score (nSPS) is 16.1. The average Bonchev–Trinajstić information content (AvgIpc) is 3.68. The van der Waals surface area contributed by atoms with Gasteiger partial charge >= 0.3 is 0 Å². The molecule has 1 heterocycles. The van der Waals surface area contributed by atoms with Crippen molar-refractivity contribution in [2.24, 2.45) is 5.92 Å². The van der Waals surface area contributed by atoms with Crippen molar-refractivity contribution in [3.8, 4) is 67.2 Å². The van der Waals surface area contributed by atoms with Crippen molar-refractivity contribution in [3.05, 3.63) is 235 Å². The molecule has 9 aromatic carbocycles. The lowest BCUT2D eigenvalue weighted by Gasteiger charge is -2.24. The maximum atomic E-state index is 5.68. The predicted molar refractivity (Wildman–Crippen MR) is 259 cm³/mol. The SMILES string of the molecule is C1=CC2=CC=CC3c4nc(-c5ccccc5)nc(-c5cc(-c6ccccc6-c6ccccc6)c6ccc7ccc(-c8ccccc8-c8ccccc8)c8ccc5c6c78)c4C(=C1)C23. The summed E-state index contributed by atoms with van der Waals surface area (Å²) < 4.78 is 0. The van der Waals surface area contributed by atoms with Gasteiger partial charge in [-0.2, -0.15) is 0 Å². The van der Waals surface area contributed by atoms with Crippen LogP contribution in [0.4, 0.5) is 0 Å². The van der Waals surface area contributed by atoms with E-state index >= 15 is 0 Å². The van der Waals surface area contributed by atoms with Crippen LogP contribution in [-0.2, 0) is 0 Å². The van der Waals surface area contributed by atoms with E-state index in [2.05, 4.69) is 218 Å². The zero-order valence-electron chi connectivity index (χ0n) is 33.8. The van der Waals surface area contributed by atoms with E-state index in [4.69, 9.17) is 9.97 Å². The fourth-order valence-electron chi connectivity index (χ4n) is 10.7. The molecule has 13 rings (SSSR count). The van der Waals surface area contributed by atoms with E-state index < -0.39 is 0 Å². The van der Waals surface area contributed by atoms with Crippen LogP contribution in [-0.4, -0.2) is 9.97 Å². The summed E-state index contributed by atoms with van der Waals surface area (Å²) >= 11 is 0. The minimum Gasteiger partial charge on any atom is -0.232 e. The Balaban J connectivity index is 1.17. The lowest BCUT2D eigenvalue weighted by Crippen LogP contribution is -2.12. The highest BCUT2D eigenvalue weighted by Gasteiger charge is 2.42. The van der Waals surface area contributed by atoms with E-state index in [-0.39, 0.29) is 11.8 Å². The summed E-state index contributed by atoms with van der Waals surface area (Å²) in [5.74, 6) is 1.10. The van der Waals surface area contributed by atoms with Crippen molar-refractivity contribution in [2.75, 3.05) is 0 Å². The van der Waals surface area contributed by atoms with Gasteiger partial charge in [0.1, 0.15) is 0 Å². The Labute approximate surface area is 360 Å². The van der Waals surface area contributed by atoms with Gasteiger partial charge in [0.2, 0.25) is 0 Å². The first-order valence-electron chi connectivity index (χ1n) is 21.6. The van der Waals surface area contributed by atoms with Crippen LogP contribution in [0.3, 0.4) is 0 Å². The number of hydrogen-bond donors (Lipinski definition) is 0. The second kappa shape index (κ2) is 13.8. The summed E-state index contributed by atoms with van der Waals surface area (Å²) in [5, 5.41) is 7.43. The molecular weight excluding hydrogens is 749 g/mol. The van der Waals surface area contributed by atoms with Crippen LogP contribution in [0.2, 0.25) is 0 Å². The van der Waals surface area contributed by atoms with E-state index in [1.54, 1.807) is 0 Å². The first-order chi connectivity index (χ1) is 30.8. The lowest BCUT2D eigenvalue weighted by atomic mass is 9.79. The second-order valence-corrected chi connectivity index (χ2v) is 16.7. The Morgan fingerprint density at radius 3 is 1.66 bits per heavy atom. The molecule has 0 fully saturated rings. The van der Waals surface area contributed by atoms with Crippen molar-refractivity contribution >= 4 is 37.9 Å². The second-order valence-electron chi connectivity index (χ2n) is 16.7. The number of benzene rings is 9. The van der Waals surface area contributed by atoms with Crippen molar-refractivity contribution < 1.29 is 0 Å². The fraction of sp³-hybridized carbons (Fsp3) is 0.0333. The molecule has 0 saturated heterocycles. The monoisotopic (exact) mass is 786 g/mol. The average molecular weight is 787 g/mol. The third-order valence-corrected chi connectivity index (χ3v) is 13.4. The van der Waals surface area contributed by atoms with Crippen LogP contribution < -0.4 is 0 Å². The van der Waals surface area contributed by atoms with Gasteiger partial charge in [-0.25, -0.2) is 9.97 Å². The maximum absolute atomic E-state index is 5.68. The summed E-state index contributed by atoms with van der Waals surface area (Å²) in [6.45, 7) is 0. The molecule has 0 saturated carbocycles. The molecule has 3 aliphatic rings. The van der Waals surface area contributed by atoms with Gasteiger partial charge in [0.15, 0.2) is 5.82 Å². The molecule has 3 aliphatic carbocycles. The van der Waals surface area contributed by atoms with E-state index in [9.17, 15) is 0 Å². The zero-order chi connectivity index (χ0) is 40.7. The molecule has 0 N–H and O–H groups in total. The Morgan fingerprint density at radius 2 is 0.968 bits per heavy atom. The number of fused-ring (bicyclic) bond motifs is 3. The molecule has 0 amide bonds. The minimum atomic E-state index is 0.135. The smallest absolute Gasteiger partial charge is 0.160 e. The number of rotatable bonds is 6. The zero-order valence-corrected chi connectivity index (χ0v) is 33.8. The summed E-state index contributed by atoms with van der Waals surface area (Å²) in [7, 11) is 0. The maximum Gasteiger partial charge on any atom is 0.160 e. The molecule has 288 valence electrons. The van der Waals surface area contributed by atoms with Gasteiger partial charge in [-0.05, 0) is 94.0 Å². The number of aromatic nitrogens is 2. The van der Waals surface area contributed by atoms with Gasteiger partial charge in [0.25, 0.3) is 0 Å². The standard InChI is InChI=1S/C60H38N2/c1-4-16-37(17-5-1)42-24-10-12-26-44(42)46-32-30-40-31-33-48-52(45-27-13-11-25-43(45)38-18-6-2-7-19-38)36-53(49-35-34-47(46)55(40)56(48)49)59-57-50-28-14-22-39-23-15-29-51(54(39)50)58(57)61-60(62-59)41-20-8-3-9-21-41/h1-36,51,54H. The number of allylic oxidation sites excluding steroid dienone is 8. The molecule has 2 atom stereocenters. The van der Waals surface area contributed by atoms with Gasteiger partial charge in [0.05, 0.1) is 11.4 Å². The highest BCUT2D eigenvalue weighted by atomic mass is 14.9. The summed E-state index contributed by atoms with van der Waals surface area (Å²) in [4.78, 5) is 11.1. The molecule has 0 spiro atoms. The van der Waals surface area contributed by atoms with E-state index in [0.29, 0.717) is 0 Å². The van der Waals surface area contributed by atoms with Crippen molar-refractivity contribution in [2.45, 2.75) is 5.92 Å². The first-order valence-corrected chi connectivity index (χ1v) is 21.6. The van der Waals surface area contributed by atoms with E-state index in [1.807, 2.05) is 0 Å². The third-order valence-electron chi connectivity index (χ3n) is 13.4. The molecule has 1 aromatic heterocycles. The lowest BCUT2D eigenvalue weighted by molar-refractivity contribution is 0.704. The first kappa shape index (κ1) is 34.9. The fourth-order valence-corrected chi connectivity index (χ4v) is 10.7. The molecule has 2 nitrogen and oxygen atoms in total. The van der Waals surface area contributed by atoms with E-state index in [0.717, 1.165) is 33.9 Å². The molecule has 10 aromatic rings. The van der Waals surface area contributed by atoms with Crippen molar-refractivity contribution in [3.63, 3.8) is 0 Å². The van der Waals surface area contributed by atoms with Gasteiger partial charge in [-0.15, -0.1) is 0 Å². The molecule has 0 radical (unpaired) electrons.